The third-order valence-corrected chi connectivity index (χ3v) is 6.93. The number of aromatic nitrogens is 1. The number of rotatable bonds is 7. The third-order valence-electron chi connectivity index (χ3n) is 6.93. The summed E-state index contributed by atoms with van der Waals surface area (Å²) in [6.45, 7) is 12.3. The van der Waals surface area contributed by atoms with Crippen LogP contribution < -0.4 is 0 Å². The molecule has 2 saturated heterocycles. The Morgan fingerprint density at radius 2 is 1.97 bits per heavy atom. The Hall–Kier alpha value is -1.54. The molecule has 4 atom stereocenters. The molecule has 7 nitrogen and oxygen atoms in total. The number of carbonyl (C=O) groups is 1. The van der Waals surface area contributed by atoms with Crippen LogP contribution in [0, 0.1) is 18.8 Å². The van der Waals surface area contributed by atoms with Crippen molar-refractivity contribution in [3.05, 3.63) is 29.6 Å². The molecule has 3 heterocycles. The van der Waals surface area contributed by atoms with Crippen LogP contribution in [0.4, 0.5) is 0 Å². The zero-order chi connectivity index (χ0) is 23.2. The molecule has 33 heavy (non-hydrogen) atoms. The molecule has 2 aliphatic heterocycles. The van der Waals surface area contributed by atoms with Gasteiger partial charge in [0.1, 0.15) is 6.10 Å². The Bertz CT molecular complexity index is 774. The normalized spacial score (nSPS) is 28.8. The topological polar surface area (TPSA) is 64.1 Å². The van der Waals surface area contributed by atoms with Crippen LogP contribution in [0.3, 0.4) is 0 Å². The fourth-order valence-electron chi connectivity index (χ4n) is 5.37. The van der Waals surface area contributed by atoms with Crippen LogP contribution >= 0.6 is 0 Å². The Kier molecular flexibility index (Phi) is 8.74. The zero-order valence-corrected chi connectivity index (χ0v) is 20.6. The number of aryl methyl sites for hydroxylation is 1. The van der Waals surface area contributed by atoms with Gasteiger partial charge in [0.25, 0.3) is 5.91 Å². The van der Waals surface area contributed by atoms with Gasteiger partial charge in [-0.05, 0) is 56.6 Å². The predicted molar refractivity (Wildman–Crippen MR) is 127 cm³/mol. The number of carbonyl (C=O) groups excluding carboxylic acids is 1. The standard InChI is InChI=1S/C26H41N3O4/c1-19(2)15-29(16-21-8-9-23-24(14-21)32-12-5-11-31-23)26(30)25-18-28(10-13-33-25)17-22-7-4-6-20(3)27-22/h4,6-7,19,21,23-25H,5,8-18H2,1-3H3/t21-,23?,24-,25?/m1/s1. The van der Waals surface area contributed by atoms with E-state index in [4.69, 9.17) is 14.2 Å². The van der Waals surface area contributed by atoms with Crippen molar-refractivity contribution in [2.75, 3.05) is 46.0 Å². The van der Waals surface area contributed by atoms with Crippen LogP contribution in [-0.2, 0) is 25.5 Å². The van der Waals surface area contributed by atoms with Crippen LogP contribution in [0.25, 0.3) is 0 Å². The molecule has 4 rings (SSSR count). The number of fused-ring (bicyclic) bond motifs is 1. The summed E-state index contributed by atoms with van der Waals surface area (Å²) >= 11 is 0. The SMILES string of the molecule is Cc1cccc(CN2CCOC(C(=O)N(CC(C)C)C[C@@H]3CCC4OCCCO[C@@H]4C3)C2)n1. The molecule has 0 bridgehead atoms. The van der Waals surface area contributed by atoms with Crippen LogP contribution in [-0.4, -0.2) is 85.0 Å². The highest BCUT2D eigenvalue weighted by Crippen LogP contribution is 2.31. The zero-order valence-electron chi connectivity index (χ0n) is 20.6. The van der Waals surface area contributed by atoms with E-state index in [1.165, 1.54) is 0 Å². The average Bonchev–Trinajstić information content (AvgIpc) is 3.03. The number of pyridine rings is 1. The summed E-state index contributed by atoms with van der Waals surface area (Å²) < 4.78 is 18.1. The van der Waals surface area contributed by atoms with Crippen LogP contribution in [0.1, 0.15) is 50.9 Å². The number of ether oxygens (including phenoxy) is 3. The fourth-order valence-corrected chi connectivity index (χ4v) is 5.37. The lowest BCUT2D eigenvalue weighted by atomic mass is 9.84. The Balaban J connectivity index is 1.36. The van der Waals surface area contributed by atoms with Gasteiger partial charge in [-0.2, -0.15) is 0 Å². The summed E-state index contributed by atoms with van der Waals surface area (Å²) in [6, 6.07) is 6.11. The van der Waals surface area contributed by atoms with Gasteiger partial charge in [0, 0.05) is 51.6 Å². The third kappa shape index (κ3) is 6.98. The van der Waals surface area contributed by atoms with Crippen molar-refractivity contribution in [3.63, 3.8) is 0 Å². The van der Waals surface area contributed by atoms with E-state index in [2.05, 4.69) is 34.7 Å². The van der Waals surface area contributed by atoms with Gasteiger partial charge in [0.15, 0.2) is 0 Å². The van der Waals surface area contributed by atoms with E-state index >= 15 is 0 Å². The minimum atomic E-state index is -0.406. The average molecular weight is 460 g/mol. The lowest BCUT2D eigenvalue weighted by Crippen LogP contribution is -2.53. The van der Waals surface area contributed by atoms with Gasteiger partial charge in [-0.25, -0.2) is 0 Å². The van der Waals surface area contributed by atoms with Crippen LogP contribution in [0.2, 0.25) is 0 Å². The molecular formula is C26H41N3O4. The summed E-state index contributed by atoms with van der Waals surface area (Å²) in [4.78, 5) is 22.6. The van der Waals surface area contributed by atoms with Crippen molar-refractivity contribution < 1.29 is 19.0 Å². The Morgan fingerprint density at radius 1 is 1.15 bits per heavy atom. The summed E-state index contributed by atoms with van der Waals surface area (Å²) in [6.07, 6.45) is 4.05. The molecule has 1 amide bonds. The maximum absolute atomic E-state index is 13.6. The first-order valence-corrected chi connectivity index (χ1v) is 12.8. The van der Waals surface area contributed by atoms with Gasteiger partial charge in [-0.1, -0.05) is 19.9 Å². The maximum Gasteiger partial charge on any atom is 0.253 e. The first-order valence-electron chi connectivity index (χ1n) is 12.8. The summed E-state index contributed by atoms with van der Waals surface area (Å²) in [5.41, 5.74) is 2.07. The fraction of sp³-hybridized carbons (Fsp3) is 0.769. The van der Waals surface area contributed by atoms with E-state index in [-0.39, 0.29) is 18.1 Å². The van der Waals surface area contributed by atoms with Gasteiger partial charge in [0.2, 0.25) is 0 Å². The molecule has 1 aromatic heterocycles. The molecule has 7 heteroatoms. The van der Waals surface area contributed by atoms with Crippen molar-refractivity contribution in [2.24, 2.45) is 11.8 Å². The molecule has 1 aliphatic carbocycles. The molecule has 3 fully saturated rings. The highest BCUT2D eigenvalue weighted by Gasteiger charge is 2.36. The Morgan fingerprint density at radius 3 is 2.76 bits per heavy atom. The van der Waals surface area contributed by atoms with E-state index in [0.29, 0.717) is 25.0 Å². The van der Waals surface area contributed by atoms with Crippen molar-refractivity contribution in [3.8, 4) is 0 Å². The molecular weight excluding hydrogens is 418 g/mol. The molecule has 0 spiro atoms. The molecule has 0 N–H and O–H groups in total. The van der Waals surface area contributed by atoms with E-state index in [0.717, 1.165) is 76.5 Å². The number of nitrogens with zero attached hydrogens (tertiary/aromatic N) is 3. The van der Waals surface area contributed by atoms with Gasteiger partial charge in [-0.3, -0.25) is 14.7 Å². The molecule has 1 aromatic rings. The van der Waals surface area contributed by atoms with E-state index in [1.807, 2.05) is 19.1 Å². The van der Waals surface area contributed by atoms with Crippen LogP contribution in [0.15, 0.2) is 18.2 Å². The first-order chi connectivity index (χ1) is 16.0. The quantitative estimate of drug-likeness (QED) is 0.625. The predicted octanol–water partition coefficient (Wildman–Crippen LogP) is 3.05. The monoisotopic (exact) mass is 459 g/mol. The molecule has 0 radical (unpaired) electrons. The molecule has 0 aromatic carbocycles. The van der Waals surface area contributed by atoms with Crippen molar-refractivity contribution in [2.45, 2.75) is 71.3 Å². The smallest absolute Gasteiger partial charge is 0.253 e. The van der Waals surface area contributed by atoms with E-state index in [1.54, 1.807) is 0 Å². The highest BCUT2D eigenvalue weighted by atomic mass is 16.5. The second-order valence-electron chi connectivity index (χ2n) is 10.4. The lowest BCUT2D eigenvalue weighted by Gasteiger charge is -2.39. The number of morpholine rings is 1. The van der Waals surface area contributed by atoms with Crippen molar-refractivity contribution in [1.82, 2.24) is 14.8 Å². The summed E-state index contributed by atoms with van der Waals surface area (Å²) in [5.74, 6) is 0.997. The summed E-state index contributed by atoms with van der Waals surface area (Å²) in [5, 5.41) is 0. The second kappa shape index (κ2) is 11.7. The van der Waals surface area contributed by atoms with E-state index < -0.39 is 6.10 Å². The van der Waals surface area contributed by atoms with Crippen molar-refractivity contribution in [1.29, 1.82) is 0 Å². The largest absolute Gasteiger partial charge is 0.375 e. The second-order valence-corrected chi connectivity index (χ2v) is 10.4. The Labute approximate surface area is 198 Å². The lowest BCUT2D eigenvalue weighted by molar-refractivity contribution is -0.152. The molecule has 184 valence electrons. The number of hydrogen-bond donors (Lipinski definition) is 0. The molecule has 3 aliphatic rings. The highest BCUT2D eigenvalue weighted by molar-refractivity contribution is 5.81. The van der Waals surface area contributed by atoms with Gasteiger partial charge >= 0.3 is 0 Å². The van der Waals surface area contributed by atoms with Crippen LogP contribution in [0.5, 0.6) is 0 Å². The molecule has 1 saturated carbocycles. The minimum absolute atomic E-state index is 0.130. The minimum Gasteiger partial charge on any atom is -0.375 e. The van der Waals surface area contributed by atoms with Crippen molar-refractivity contribution >= 4 is 5.91 Å². The molecule has 2 unspecified atom stereocenters. The first kappa shape index (κ1) is 24.6. The van der Waals surface area contributed by atoms with Gasteiger partial charge in [-0.15, -0.1) is 0 Å². The number of amides is 1. The van der Waals surface area contributed by atoms with E-state index in [9.17, 15) is 4.79 Å². The number of hydrogen-bond acceptors (Lipinski definition) is 6. The van der Waals surface area contributed by atoms with Gasteiger partial charge in [0.05, 0.1) is 24.5 Å². The summed E-state index contributed by atoms with van der Waals surface area (Å²) in [7, 11) is 0. The maximum atomic E-state index is 13.6. The van der Waals surface area contributed by atoms with Gasteiger partial charge < -0.3 is 19.1 Å².